The topological polar surface area (TPSA) is 80.0 Å². The minimum absolute atomic E-state index is 0.309. The zero-order chi connectivity index (χ0) is 12.1. The van der Waals surface area contributed by atoms with Gasteiger partial charge in [0.25, 0.3) is 5.91 Å². The lowest BCUT2D eigenvalue weighted by atomic mass is 9.95. The van der Waals surface area contributed by atoms with Crippen LogP contribution in [0.2, 0.25) is 0 Å². The fourth-order valence-electron chi connectivity index (χ4n) is 2.22. The minimum atomic E-state index is -0.309. The Labute approximate surface area is 101 Å². The summed E-state index contributed by atoms with van der Waals surface area (Å²) in [4.78, 5) is 15.8. The first-order valence-corrected chi connectivity index (χ1v) is 6.04. The van der Waals surface area contributed by atoms with E-state index in [4.69, 9.17) is 5.84 Å². The number of carbonyl (C=O) groups excluding carboxylic acids is 1. The summed E-state index contributed by atoms with van der Waals surface area (Å²) in [5, 5.41) is 3.34. The number of nitrogen functional groups attached to an aromatic ring is 1. The summed E-state index contributed by atoms with van der Waals surface area (Å²) in [6, 6.07) is 3.87. The number of pyridine rings is 1. The SMILES string of the molecule is NNC(=O)c1cccnc1NC1CCCCC1. The number of nitrogens with two attached hydrogens (primary N) is 1. The summed E-state index contributed by atoms with van der Waals surface area (Å²) in [5.74, 6) is 5.47. The molecule has 0 bridgehead atoms. The molecule has 0 spiro atoms. The summed E-state index contributed by atoms with van der Waals surface area (Å²) in [5.41, 5.74) is 2.64. The Morgan fingerprint density at radius 3 is 2.82 bits per heavy atom. The molecule has 4 N–H and O–H groups in total. The van der Waals surface area contributed by atoms with Gasteiger partial charge in [0.1, 0.15) is 5.82 Å². The first kappa shape index (κ1) is 11.9. The largest absolute Gasteiger partial charge is 0.367 e. The third-order valence-electron chi connectivity index (χ3n) is 3.13. The molecule has 1 fully saturated rings. The van der Waals surface area contributed by atoms with Gasteiger partial charge >= 0.3 is 0 Å². The minimum Gasteiger partial charge on any atom is -0.367 e. The standard InChI is InChI=1S/C12H18N4O/c13-16-12(17)10-7-4-8-14-11(10)15-9-5-2-1-3-6-9/h4,7-9H,1-3,5-6,13H2,(H,14,15)(H,16,17). The fraction of sp³-hybridized carbons (Fsp3) is 0.500. The van der Waals surface area contributed by atoms with Crippen molar-refractivity contribution in [3.63, 3.8) is 0 Å². The maximum atomic E-state index is 11.6. The monoisotopic (exact) mass is 234 g/mol. The smallest absolute Gasteiger partial charge is 0.268 e. The van der Waals surface area contributed by atoms with Gasteiger partial charge in [0.15, 0.2) is 0 Å². The Bertz CT molecular complexity index is 388. The van der Waals surface area contributed by atoms with E-state index in [-0.39, 0.29) is 5.91 Å². The molecular weight excluding hydrogens is 216 g/mol. The highest BCUT2D eigenvalue weighted by atomic mass is 16.2. The van der Waals surface area contributed by atoms with Crippen LogP contribution in [0.4, 0.5) is 5.82 Å². The van der Waals surface area contributed by atoms with Crippen LogP contribution in [0.3, 0.4) is 0 Å². The molecule has 1 aliphatic carbocycles. The van der Waals surface area contributed by atoms with E-state index in [1.165, 1.54) is 19.3 Å². The third kappa shape index (κ3) is 2.94. The van der Waals surface area contributed by atoms with Crippen molar-refractivity contribution in [2.75, 3.05) is 5.32 Å². The van der Waals surface area contributed by atoms with E-state index in [2.05, 4.69) is 15.7 Å². The summed E-state index contributed by atoms with van der Waals surface area (Å²) < 4.78 is 0. The van der Waals surface area contributed by atoms with Gasteiger partial charge in [0.05, 0.1) is 5.56 Å². The molecule has 1 heterocycles. The van der Waals surface area contributed by atoms with Gasteiger partial charge in [-0.05, 0) is 25.0 Å². The number of carbonyl (C=O) groups is 1. The fourth-order valence-corrected chi connectivity index (χ4v) is 2.22. The van der Waals surface area contributed by atoms with Crippen molar-refractivity contribution in [2.24, 2.45) is 5.84 Å². The number of hydrogen-bond donors (Lipinski definition) is 3. The van der Waals surface area contributed by atoms with E-state index >= 15 is 0 Å². The summed E-state index contributed by atoms with van der Waals surface area (Å²) >= 11 is 0. The highest BCUT2D eigenvalue weighted by Crippen LogP contribution is 2.22. The van der Waals surface area contributed by atoms with Crippen LogP contribution in [0, 0.1) is 0 Å². The predicted molar refractivity (Wildman–Crippen MR) is 66.4 cm³/mol. The average Bonchev–Trinajstić information content (AvgIpc) is 2.40. The first-order chi connectivity index (χ1) is 8.31. The van der Waals surface area contributed by atoms with Gasteiger partial charge in [-0.3, -0.25) is 10.2 Å². The number of amides is 1. The van der Waals surface area contributed by atoms with E-state index in [1.54, 1.807) is 18.3 Å². The number of rotatable bonds is 3. The Morgan fingerprint density at radius 1 is 1.35 bits per heavy atom. The molecule has 0 radical (unpaired) electrons. The number of nitrogens with one attached hydrogen (secondary N) is 2. The maximum absolute atomic E-state index is 11.6. The van der Waals surface area contributed by atoms with Crippen LogP contribution >= 0.6 is 0 Å². The number of hydrazine groups is 1. The van der Waals surface area contributed by atoms with Crippen molar-refractivity contribution in [3.05, 3.63) is 23.9 Å². The highest BCUT2D eigenvalue weighted by Gasteiger charge is 2.17. The van der Waals surface area contributed by atoms with Crippen molar-refractivity contribution < 1.29 is 4.79 Å². The van der Waals surface area contributed by atoms with Crippen LogP contribution in [-0.4, -0.2) is 16.9 Å². The molecule has 5 heteroatoms. The second kappa shape index (κ2) is 5.63. The van der Waals surface area contributed by atoms with Crippen LogP contribution < -0.4 is 16.6 Å². The van der Waals surface area contributed by atoms with Crippen molar-refractivity contribution >= 4 is 11.7 Å². The van der Waals surface area contributed by atoms with Crippen molar-refractivity contribution in [3.8, 4) is 0 Å². The Hall–Kier alpha value is -1.62. The summed E-state index contributed by atoms with van der Waals surface area (Å²) in [6.07, 6.45) is 7.74. The molecule has 1 aromatic rings. The second-order valence-electron chi connectivity index (χ2n) is 4.35. The van der Waals surface area contributed by atoms with Crippen LogP contribution in [0.15, 0.2) is 18.3 Å². The Kier molecular flexibility index (Phi) is 3.93. The van der Waals surface area contributed by atoms with Gasteiger partial charge in [-0.15, -0.1) is 0 Å². The predicted octanol–water partition coefficient (Wildman–Crippen LogP) is 1.43. The van der Waals surface area contributed by atoms with Gasteiger partial charge < -0.3 is 5.32 Å². The van der Waals surface area contributed by atoms with Crippen LogP contribution in [0.25, 0.3) is 0 Å². The second-order valence-corrected chi connectivity index (χ2v) is 4.35. The van der Waals surface area contributed by atoms with E-state index < -0.39 is 0 Å². The summed E-state index contributed by atoms with van der Waals surface area (Å²) in [6.45, 7) is 0. The van der Waals surface area contributed by atoms with Crippen molar-refractivity contribution in [2.45, 2.75) is 38.1 Å². The molecule has 2 rings (SSSR count). The van der Waals surface area contributed by atoms with Crippen molar-refractivity contribution in [1.29, 1.82) is 0 Å². The first-order valence-electron chi connectivity index (χ1n) is 6.04. The summed E-state index contributed by atoms with van der Waals surface area (Å²) in [7, 11) is 0. The molecule has 0 unspecified atom stereocenters. The molecule has 0 saturated heterocycles. The normalized spacial score (nSPS) is 16.5. The van der Waals surface area contributed by atoms with Crippen molar-refractivity contribution in [1.82, 2.24) is 10.4 Å². The Morgan fingerprint density at radius 2 is 2.12 bits per heavy atom. The third-order valence-corrected chi connectivity index (χ3v) is 3.13. The van der Waals surface area contributed by atoms with Gasteiger partial charge in [0, 0.05) is 12.2 Å². The van der Waals surface area contributed by atoms with Gasteiger partial charge in [-0.25, -0.2) is 10.8 Å². The molecule has 1 aromatic heterocycles. The molecule has 1 aliphatic rings. The van der Waals surface area contributed by atoms with E-state index in [0.29, 0.717) is 17.4 Å². The molecule has 1 saturated carbocycles. The van der Waals surface area contributed by atoms with Gasteiger partial charge in [0.2, 0.25) is 0 Å². The molecule has 92 valence electrons. The number of aromatic nitrogens is 1. The van der Waals surface area contributed by atoms with E-state index in [1.807, 2.05) is 0 Å². The lowest BCUT2D eigenvalue weighted by Gasteiger charge is -2.24. The highest BCUT2D eigenvalue weighted by molar-refractivity contribution is 5.98. The molecule has 0 atom stereocenters. The number of nitrogens with zero attached hydrogens (tertiary/aromatic N) is 1. The number of anilines is 1. The van der Waals surface area contributed by atoms with Gasteiger partial charge in [-0.2, -0.15) is 0 Å². The maximum Gasteiger partial charge on any atom is 0.268 e. The lowest BCUT2D eigenvalue weighted by molar-refractivity contribution is 0.0954. The lowest BCUT2D eigenvalue weighted by Crippen LogP contribution is -2.32. The quantitative estimate of drug-likeness (QED) is 0.420. The number of hydrogen-bond acceptors (Lipinski definition) is 4. The molecule has 17 heavy (non-hydrogen) atoms. The van der Waals surface area contributed by atoms with E-state index in [0.717, 1.165) is 12.8 Å². The molecule has 0 aromatic carbocycles. The van der Waals surface area contributed by atoms with E-state index in [9.17, 15) is 4.79 Å². The molecule has 1 amide bonds. The van der Waals surface area contributed by atoms with Crippen LogP contribution in [0.1, 0.15) is 42.5 Å². The zero-order valence-electron chi connectivity index (χ0n) is 9.78. The molecule has 5 nitrogen and oxygen atoms in total. The van der Waals surface area contributed by atoms with Crippen LogP contribution in [0.5, 0.6) is 0 Å². The Balaban J connectivity index is 2.11. The molecule has 0 aliphatic heterocycles. The van der Waals surface area contributed by atoms with Gasteiger partial charge in [-0.1, -0.05) is 19.3 Å². The molecular formula is C12H18N4O. The average molecular weight is 234 g/mol. The zero-order valence-corrected chi connectivity index (χ0v) is 9.78. The van der Waals surface area contributed by atoms with Crippen LogP contribution in [-0.2, 0) is 0 Å².